The number of pyridine rings is 1. The lowest BCUT2D eigenvalue weighted by molar-refractivity contribution is 0.451. The Morgan fingerprint density at radius 3 is 3.13 bits per heavy atom. The largest absolute Gasteiger partial charge is 0.346 e. The van der Waals surface area contributed by atoms with E-state index in [9.17, 15) is 4.79 Å². The molecule has 0 radical (unpaired) electrons. The van der Waals surface area contributed by atoms with Crippen LogP contribution in [0.4, 0.5) is 0 Å². The maximum atomic E-state index is 11.5. The number of hydrogen-bond acceptors (Lipinski definition) is 2. The van der Waals surface area contributed by atoms with Crippen molar-refractivity contribution in [1.82, 2.24) is 14.8 Å². The number of fused-ring (bicyclic) bond motifs is 1. The summed E-state index contributed by atoms with van der Waals surface area (Å²) >= 11 is 0. The molecule has 0 aliphatic heterocycles. The quantitative estimate of drug-likeness (QED) is 0.807. The van der Waals surface area contributed by atoms with Crippen LogP contribution in [0, 0.1) is 5.92 Å². The fourth-order valence-corrected chi connectivity index (χ4v) is 2.06. The predicted octanol–water partition coefficient (Wildman–Crippen LogP) is 1.70. The molecule has 0 saturated heterocycles. The number of aromatic amines is 1. The minimum Gasteiger partial charge on any atom is -0.346 e. The van der Waals surface area contributed by atoms with Crippen LogP contribution in [0.25, 0.3) is 11.0 Å². The first kappa shape index (κ1) is 8.71. The summed E-state index contributed by atoms with van der Waals surface area (Å²) in [6.07, 6.45) is 5.90. The maximum absolute atomic E-state index is 11.5. The van der Waals surface area contributed by atoms with E-state index in [2.05, 4.69) is 17.0 Å². The van der Waals surface area contributed by atoms with Gasteiger partial charge in [0.1, 0.15) is 5.65 Å². The minimum atomic E-state index is 0.0398. The zero-order chi connectivity index (χ0) is 10.4. The fraction of sp³-hybridized carbons (Fsp3) is 0.455. The summed E-state index contributed by atoms with van der Waals surface area (Å²) in [5.74, 6) is 0.733. The van der Waals surface area contributed by atoms with Gasteiger partial charge in [-0.05, 0) is 25.7 Å². The summed E-state index contributed by atoms with van der Waals surface area (Å²) in [6.45, 7) is 2.16. The first-order valence-electron chi connectivity index (χ1n) is 5.32. The van der Waals surface area contributed by atoms with Crippen molar-refractivity contribution in [3.05, 3.63) is 28.7 Å². The third-order valence-corrected chi connectivity index (χ3v) is 3.21. The third-order valence-electron chi connectivity index (χ3n) is 3.21. The summed E-state index contributed by atoms with van der Waals surface area (Å²) in [5, 5.41) is 4.99. The summed E-state index contributed by atoms with van der Waals surface area (Å²) < 4.78 is 1.94. The molecular weight excluding hydrogens is 190 g/mol. The molecule has 0 bridgehead atoms. The van der Waals surface area contributed by atoms with E-state index in [0.29, 0.717) is 11.4 Å². The average Bonchev–Trinajstić information content (AvgIpc) is 2.98. The highest BCUT2D eigenvalue weighted by Gasteiger charge is 2.30. The van der Waals surface area contributed by atoms with E-state index in [1.54, 1.807) is 12.4 Å². The molecule has 15 heavy (non-hydrogen) atoms. The normalized spacial score (nSPS) is 18.2. The Morgan fingerprint density at radius 1 is 1.60 bits per heavy atom. The van der Waals surface area contributed by atoms with Crippen molar-refractivity contribution in [3.63, 3.8) is 0 Å². The highest BCUT2D eigenvalue weighted by Crippen LogP contribution is 2.39. The van der Waals surface area contributed by atoms with Gasteiger partial charge in [-0.2, -0.15) is 5.10 Å². The highest BCUT2D eigenvalue weighted by atomic mass is 16.1. The third kappa shape index (κ3) is 1.28. The van der Waals surface area contributed by atoms with Gasteiger partial charge in [0.25, 0.3) is 0 Å². The number of H-pyrrole nitrogens is 1. The van der Waals surface area contributed by atoms with Gasteiger partial charge in [-0.3, -0.25) is 4.79 Å². The molecule has 4 nitrogen and oxygen atoms in total. The van der Waals surface area contributed by atoms with E-state index in [1.807, 2.05) is 4.68 Å². The van der Waals surface area contributed by atoms with Gasteiger partial charge in [0.05, 0.1) is 17.6 Å². The summed E-state index contributed by atoms with van der Waals surface area (Å²) in [5.41, 5.74) is 0.889. The molecule has 0 aromatic carbocycles. The van der Waals surface area contributed by atoms with Gasteiger partial charge in [0, 0.05) is 12.3 Å². The van der Waals surface area contributed by atoms with Gasteiger partial charge < -0.3 is 4.98 Å². The number of rotatable bonds is 2. The molecule has 4 heteroatoms. The Labute approximate surface area is 86.9 Å². The lowest BCUT2D eigenvalue weighted by atomic mass is 10.2. The molecule has 3 rings (SSSR count). The summed E-state index contributed by atoms with van der Waals surface area (Å²) in [7, 11) is 0. The van der Waals surface area contributed by atoms with Crippen LogP contribution in [0.15, 0.2) is 23.3 Å². The molecule has 2 aromatic rings. The second-order valence-electron chi connectivity index (χ2n) is 4.27. The van der Waals surface area contributed by atoms with Gasteiger partial charge >= 0.3 is 0 Å². The van der Waals surface area contributed by atoms with Crippen molar-refractivity contribution in [2.24, 2.45) is 5.92 Å². The van der Waals surface area contributed by atoms with Crippen LogP contribution >= 0.6 is 0 Å². The topological polar surface area (TPSA) is 50.7 Å². The maximum Gasteiger partial charge on any atom is 0.192 e. The van der Waals surface area contributed by atoms with E-state index in [1.165, 1.54) is 18.9 Å². The summed E-state index contributed by atoms with van der Waals surface area (Å²) in [6, 6.07) is 1.93. The molecular formula is C11H13N3O. The standard InChI is InChI=1S/C11H13N3O/c1-7(8-2-3-8)14-11-9(6-13-14)10(15)4-5-12-11/h4-8H,2-3H2,1H3,(H,12,15). The van der Waals surface area contributed by atoms with Gasteiger partial charge in [0.2, 0.25) is 0 Å². The summed E-state index contributed by atoms with van der Waals surface area (Å²) in [4.78, 5) is 14.6. The SMILES string of the molecule is CC(C1CC1)n1ncc2c(=O)cc[nH]c21. The Kier molecular flexibility index (Phi) is 1.71. The van der Waals surface area contributed by atoms with Crippen LogP contribution in [-0.4, -0.2) is 14.8 Å². The van der Waals surface area contributed by atoms with Crippen LogP contribution in [0.2, 0.25) is 0 Å². The van der Waals surface area contributed by atoms with Crippen LogP contribution in [0.5, 0.6) is 0 Å². The molecule has 1 aliphatic rings. The second-order valence-corrected chi connectivity index (χ2v) is 4.27. The molecule has 78 valence electrons. The molecule has 1 saturated carbocycles. The minimum absolute atomic E-state index is 0.0398. The van der Waals surface area contributed by atoms with E-state index in [0.717, 1.165) is 11.6 Å². The van der Waals surface area contributed by atoms with Crippen molar-refractivity contribution in [2.45, 2.75) is 25.8 Å². The van der Waals surface area contributed by atoms with E-state index < -0.39 is 0 Å². The van der Waals surface area contributed by atoms with E-state index in [-0.39, 0.29) is 5.43 Å². The Bertz CT molecular complexity index is 550. The molecule has 1 unspecified atom stereocenters. The molecule has 1 atom stereocenters. The first-order chi connectivity index (χ1) is 7.27. The molecule has 0 amide bonds. The van der Waals surface area contributed by atoms with Crippen LogP contribution < -0.4 is 5.43 Å². The van der Waals surface area contributed by atoms with Gasteiger partial charge in [-0.1, -0.05) is 0 Å². The zero-order valence-corrected chi connectivity index (χ0v) is 8.60. The predicted molar refractivity (Wildman–Crippen MR) is 57.8 cm³/mol. The Balaban J connectivity index is 2.19. The molecule has 1 fully saturated rings. The van der Waals surface area contributed by atoms with E-state index in [4.69, 9.17) is 0 Å². The van der Waals surface area contributed by atoms with Crippen molar-refractivity contribution in [3.8, 4) is 0 Å². The zero-order valence-electron chi connectivity index (χ0n) is 8.60. The monoisotopic (exact) mass is 203 g/mol. The van der Waals surface area contributed by atoms with Crippen molar-refractivity contribution in [1.29, 1.82) is 0 Å². The Morgan fingerprint density at radius 2 is 2.40 bits per heavy atom. The smallest absolute Gasteiger partial charge is 0.192 e. The molecule has 1 N–H and O–H groups in total. The van der Waals surface area contributed by atoms with Crippen molar-refractivity contribution < 1.29 is 0 Å². The molecule has 0 spiro atoms. The van der Waals surface area contributed by atoms with Crippen LogP contribution in [0.1, 0.15) is 25.8 Å². The molecule has 2 heterocycles. The van der Waals surface area contributed by atoms with Gasteiger partial charge in [-0.25, -0.2) is 4.68 Å². The van der Waals surface area contributed by atoms with E-state index >= 15 is 0 Å². The number of hydrogen-bond donors (Lipinski definition) is 1. The highest BCUT2D eigenvalue weighted by molar-refractivity contribution is 5.73. The second kappa shape index (κ2) is 2.95. The molecule has 2 aromatic heterocycles. The van der Waals surface area contributed by atoms with Crippen LogP contribution in [0.3, 0.4) is 0 Å². The fourth-order valence-electron chi connectivity index (χ4n) is 2.06. The van der Waals surface area contributed by atoms with Gasteiger partial charge in [-0.15, -0.1) is 0 Å². The first-order valence-corrected chi connectivity index (χ1v) is 5.32. The lowest BCUT2D eigenvalue weighted by Gasteiger charge is -2.11. The number of nitrogens with zero attached hydrogens (tertiary/aromatic N) is 2. The Hall–Kier alpha value is -1.58. The number of nitrogens with one attached hydrogen (secondary N) is 1. The van der Waals surface area contributed by atoms with Crippen molar-refractivity contribution in [2.75, 3.05) is 0 Å². The van der Waals surface area contributed by atoms with Crippen molar-refractivity contribution >= 4 is 11.0 Å². The number of aromatic nitrogens is 3. The lowest BCUT2D eigenvalue weighted by Crippen LogP contribution is -2.10. The average molecular weight is 203 g/mol. The van der Waals surface area contributed by atoms with Crippen LogP contribution in [-0.2, 0) is 0 Å². The molecule has 1 aliphatic carbocycles. The van der Waals surface area contributed by atoms with Gasteiger partial charge in [0.15, 0.2) is 5.43 Å².